The van der Waals surface area contributed by atoms with Crippen molar-refractivity contribution < 1.29 is 4.42 Å². The van der Waals surface area contributed by atoms with E-state index in [9.17, 15) is 0 Å². The van der Waals surface area contributed by atoms with Crippen LogP contribution < -0.4 is 10.6 Å². The van der Waals surface area contributed by atoms with Gasteiger partial charge < -0.3 is 20.0 Å². The first-order chi connectivity index (χ1) is 11.3. The number of furan rings is 1. The van der Waals surface area contributed by atoms with E-state index in [4.69, 9.17) is 9.41 Å². The Bertz CT molecular complexity index is 444. The van der Waals surface area contributed by atoms with Gasteiger partial charge in [0.1, 0.15) is 5.76 Å². The maximum Gasteiger partial charge on any atom is 0.191 e. The van der Waals surface area contributed by atoms with Crippen LogP contribution in [0.2, 0.25) is 0 Å². The Morgan fingerprint density at radius 1 is 1.33 bits per heavy atom. The summed E-state index contributed by atoms with van der Waals surface area (Å²) in [6.07, 6.45) is 7.74. The van der Waals surface area contributed by atoms with Crippen molar-refractivity contribution in [3.63, 3.8) is 0 Å². The monoisotopic (exact) mass is 448 g/mol. The zero-order valence-corrected chi connectivity index (χ0v) is 17.4. The summed E-state index contributed by atoms with van der Waals surface area (Å²) in [4.78, 5) is 7.27. The highest BCUT2D eigenvalue weighted by molar-refractivity contribution is 14.0. The maximum absolute atomic E-state index is 5.37. The highest BCUT2D eigenvalue weighted by Crippen LogP contribution is 2.07. The fraction of sp³-hybridized carbons (Fsp3) is 0.722. The number of nitrogens with zero attached hydrogens (tertiary/aromatic N) is 2. The molecular weight excluding hydrogens is 415 g/mol. The topological polar surface area (TPSA) is 52.8 Å². The molecule has 1 atom stereocenters. The van der Waals surface area contributed by atoms with Gasteiger partial charge in [0.2, 0.25) is 0 Å². The van der Waals surface area contributed by atoms with Gasteiger partial charge in [-0.3, -0.25) is 4.99 Å². The summed E-state index contributed by atoms with van der Waals surface area (Å²) in [7, 11) is 0. The summed E-state index contributed by atoms with van der Waals surface area (Å²) in [5, 5.41) is 6.90. The Morgan fingerprint density at radius 3 is 2.79 bits per heavy atom. The van der Waals surface area contributed by atoms with Crippen LogP contribution in [-0.2, 0) is 6.42 Å². The second-order valence-electron chi connectivity index (χ2n) is 6.34. The molecule has 0 spiro atoms. The molecule has 0 amide bonds. The molecule has 1 aromatic rings. The summed E-state index contributed by atoms with van der Waals surface area (Å²) in [6, 6.07) is 4.37. The van der Waals surface area contributed by atoms with Crippen LogP contribution in [0.1, 0.15) is 45.3 Å². The third-order valence-corrected chi connectivity index (χ3v) is 4.37. The van der Waals surface area contributed by atoms with Crippen LogP contribution in [0.15, 0.2) is 27.8 Å². The Kier molecular flexibility index (Phi) is 11.2. The Morgan fingerprint density at radius 2 is 2.12 bits per heavy atom. The van der Waals surface area contributed by atoms with Gasteiger partial charge in [0, 0.05) is 25.6 Å². The van der Waals surface area contributed by atoms with Crippen LogP contribution in [0.25, 0.3) is 0 Å². The molecule has 2 rings (SSSR count). The lowest BCUT2D eigenvalue weighted by Crippen LogP contribution is -2.43. The highest BCUT2D eigenvalue weighted by Gasteiger charge is 2.09. The Labute approximate surface area is 163 Å². The molecule has 24 heavy (non-hydrogen) atoms. The number of hydrogen-bond donors (Lipinski definition) is 2. The molecule has 0 aromatic carbocycles. The molecular formula is C18H33IN4O. The lowest BCUT2D eigenvalue weighted by molar-refractivity contribution is 0.235. The van der Waals surface area contributed by atoms with E-state index in [1.54, 1.807) is 6.26 Å². The molecule has 0 aliphatic carbocycles. The van der Waals surface area contributed by atoms with Crippen LogP contribution in [0, 0.1) is 0 Å². The molecule has 0 bridgehead atoms. The fourth-order valence-corrected chi connectivity index (χ4v) is 2.73. The van der Waals surface area contributed by atoms with E-state index in [1.165, 1.54) is 32.4 Å². The molecule has 2 N–H and O–H groups in total. The number of rotatable bonds is 8. The minimum absolute atomic E-state index is 0. The predicted octanol–water partition coefficient (Wildman–Crippen LogP) is 3.26. The highest BCUT2D eigenvalue weighted by atomic mass is 127. The number of aliphatic imine (C=N–C) groups is 1. The largest absolute Gasteiger partial charge is 0.469 e. The zero-order chi connectivity index (χ0) is 16.3. The average molecular weight is 448 g/mol. The number of piperidine rings is 1. The third kappa shape index (κ3) is 8.37. The van der Waals surface area contributed by atoms with Crippen LogP contribution in [0.5, 0.6) is 0 Å². The Balaban J connectivity index is 0.00000288. The smallest absolute Gasteiger partial charge is 0.191 e. The minimum Gasteiger partial charge on any atom is -0.469 e. The molecule has 0 saturated carbocycles. The van der Waals surface area contributed by atoms with Gasteiger partial charge in [-0.1, -0.05) is 13.3 Å². The van der Waals surface area contributed by atoms with Crippen molar-refractivity contribution in [2.75, 3.05) is 32.7 Å². The van der Waals surface area contributed by atoms with Gasteiger partial charge in [0.05, 0.1) is 12.8 Å². The minimum atomic E-state index is 0. The lowest BCUT2D eigenvalue weighted by atomic mass is 10.1. The number of nitrogens with one attached hydrogen (secondary N) is 2. The molecule has 6 heteroatoms. The number of likely N-dealkylation sites (tertiary alicyclic amines) is 1. The zero-order valence-electron chi connectivity index (χ0n) is 15.1. The molecule has 1 aliphatic rings. The first-order valence-corrected chi connectivity index (χ1v) is 9.07. The van der Waals surface area contributed by atoms with Gasteiger partial charge in [0.15, 0.2) is 5.96 Å². The number of halogens is 1. The van der Waals surface area contributed by atoms with Gasteiger partial charge in [-0.2, -0.15) is 0 Å². The van der Waals surface area contributed by atoms with Crippen molar-refractivity contribution in [1.29, 1.82) is 0 Å². The van der Waals surface area contributed by atoms with Crippen LogP contribution in [0.4, 0.5) is 0 Å². The standard InChI is InChI=1S/C18H32N4O.HI/c1-3-16(2)21-18(19-10-9-17-8-7-15-23-17)20-11-14-22-12-5-4-6-13-22;/h7-8,15-16H,3-6,9-14H2,1-2H3,(H2,19,20,21);1H. The van der Waals surface area contributed by atoms with Crippen LogP contribution in [0.3, 0.4) is 0 Å². The van der Waals surface area contributed by atoms with Crippen molar-refractivity contribution in [1.82, 2.24) is 15.5 Å². The lowest BCUT2D eigenvalue weighted by Gasteiger charge is -2.25. The van der Waals surface area contributed by atoms with Gasteiger partial charge >= 0.3 is 0 Å². The molecule has 1 fully saturated rings. The van der Waals surface area contributed by atoms with E-state index in [0.717, 1.165) is 44.2 Å². The second kappa shape index (κ2) is 12.6. The second-order valence-corrected chi connectivity index (χ2v) is 6.34. The van der Waals surface area contributed by atoms with Crippen LogP contribution in [-0.4, -0.2) is 49.6 Å². The number of guanidine groups is 1. The van der Waals surface area contributed by atoms with Gasteiger partial charge in [-0.25, -0.2) is 0 Å². The molecule has 1 aromatic heterocycles. The number of hydrogen-bond acceptors (Lipinski definition) is 3. The van der Waals surface area contributed by atoms with E-state index in [1.807, 2.05) is 12.1 Å². The van der Waals surface area contributed by atoms with Crippen molar-refractivity contribution in [3.8, 4) is 0 Å². The van der Waals surface area contributed by atoms with E-state index >= 15 is 0 Å². The van der Waals surface area contributed by atoms with Gasteiger partial charge in [0.25, 0.3) is 0 Å². The van der Waals surface area contributed by atoms with Gasteiger partial charge in [-0.15, -0.1) is 24.0 Å². The van der Waals surface area contributed by atoms with E-state index in [2.05, 4.69) is 29.4 Å². The van der Waals surface area contributed by atoms with Crippen molar-refractivity contribution >= 4 is 29.9 Å². The van der Waals surface area contributed by atoms with Gasteiger partial charge in [-0.05, 0) is 51.4 Å². The van der Waals surface area contributed by atoms with Crippen molar-refractivity contribution in [2.24, 2.45) is 4.99 Å². The van der Waals surface area contributed by atoms with E-state index in [0.29, 0.717) is 6.04 Å². The fourth-order valence-electron chi connectivity index (χ4n) is 2.73. The third-order valence-electron chi connectivity index (χ3n) is 4.37. The molecule has 138 valence electrons. The van der Waals surface area contributed by atoms with E-state index < -0.39 is 0 Å². The van der Waals surface area contributed by atoms with Crippen molar-refractivity contribution in [2.45, 2.75) is 52.0 Å². The molecule has 2 heterocycles. The van der Waals surface area contributed by atoms with Crippen molar-refractivity contribution in [3.05, 3.63) is 24.2 Å². The quantitative estimate of drug-likeness (QED) is 0.364. The predicted molar refractivity (Wildman–Crippen MR) is 111 cm³/mol. The Hall–Kier alpha value is -0.760. The molecule has 1 aliphatic heterocycles. The molecule has 0 radical (unpaired) electrons. The van der Waals surface area contributed by atoms with E-state index in [-0.39, 0.29) is 24.0 Å². The first kappa shape index (κ1) is 21.3. The maximum atomic E-state index is 5.37. The summed E-state index contributed by atoms with van der Waals surface area (Å²) in [6.45, 7) is 9.59. The van der Waals surface area contributed by atoms with Crippen LogP contribution >= 0.6 is 24.0 Å². The SMILES string of the molecule is CCC(C)NC(=NCCN1CCCCC1)NCCc1ccco1.I. The summed E-state index contributed by atoms with van der Waals surface area (Å²) in [5.41, 5.74) is 0. The molecule has 1 unspecified atom stereocenters. The normalized spacial score (nSPS) is 17.2. The average Bonchev–Trinajstić information content (AvgIpc) is 3.09. The first-order valence-electron chi connectivity index (χ1n) is 9.07. The molecule has 1 saturated heterocycles. The summed E-state index contributed by atoms with van der Waals surface area (Å²) in [5.74, 6) is 1.93. The summed E-state index contributed by atoms with van der Waals surface area (Å²) < 4.78 is 5.37. The molecule has 5 nitrogen and oxygen atoms in total. The summed E-state index contributed by atoms with van der Waals surface area (Å²) >= 11 is 0.